The molecule has 5 nitrogen and oxygen atoms in total. The summed E-state index contributed by atoms with van der Waals surface area (Å²) >= 11 is 0. The molecule has 2 unspecified atom stereocenters. The first-order chi connectivity index (χ1) is 10.6. The molecule has 1 heterocycles. The smallest absolute Gasteiger partial charge is 0.240 e. The predicted molar refractivity (Wildman–Crippen MR) is 93.6 cm³/mol. The van der Waals surface area contributed by atoms with Gasteiger partial charge in [0.2, 0.25) is 5.91 Å². The van der Waals surface area contributed by atoms with Gasteiger partial charge in [0.15, 0.2) is 0 Å². The van der Waals surface area contributed by atoms with Crippen LogP contribution >= 0.6 is 12.4 Å². The van der Waals surface area contributed by atoms with Gasteiger partial charge in [-0.2, -0.15) is 0 Å². The molecule has 0 radical (unpaired) electrons. The van der Waals surface area contributed by atoms with Crippen LogP contribution in [-0.2, 0) is 4.79 Å². The van der Waals surface area contributed by atoms with E-state index in [2.05, 4.69) is 17.6 Å². The molecule has 130 valence electrons. The molecule has 1 aliphatic heterocycles. The van der Waals surface area contributed by atoms with Gasteiger partial charge in [0.25, 0.3) is 0 Å². The molecule has 1 aromatic carbocycles. The fourth-order valence-corrected chi connectivity index (χ4v) is 3.05. The highest BCUT2D eigenvalue weighted by Crippen LogP contribution is 2.30. The Morgan fingerprint density at radius 1 is 1.39 bits per heavy atom. The van der Waals surface area contributed by atoms with Gasteiger partial charge in [-0.15, -0.1) is 12.4 Å². The maximum Gasteiger partial charge on any atom is 0.240 e. The number of hydrogen-bond donors (Lipinski definition) is 2. The fraction of sp³-hybridized carbons (Fsp3) is 0.588. The third-order valence-corrected chi connectivity index (χ3v) is 4.53. The van der Waals surface area contributed by atoms with E-state index in [0.717, 1.165) is 42.9 Å². The van der Waals surface area contributed by atoms with Crippen molar-refractivity contribution in [3.05, 3.63) is 23.8 Å². The number of ether oxygens (including phenoxy) is 2. The van der Waals surface area contributed by atoms with Crippen molar-refractivity contribution in [3.8, 4) is 11.5 Å². The van der Waals surface area contributed by atoms with E-state index in [1.54, 1.807) is 14.2 Å². The van der Waals surface area contributed by atoms with E-state index >= 15 is 0 Å². The molecule has 2 N–H and O–H groups in total. The van der Waals surface area contributed by atoms with Crippen molar-refractivity contribution in [2.45, 2.75) is 44.7 Å². The van der Waals surface area contributed by atoms with Crippen LogP contribution in [-0.4, -0.2) is 32.2 Å². The molecule has 0 saturated carbocycles. The average Bonchev–Trinajstić information content (AvgIpc) is 3.04. The highest BCUT2D eigenvalue weighted by Gasteiger charge is 2.39. The summed E-state index contributed by atoms with van der Waals surface area (Å²) in [6, 6.07) is 5.47. The summed E-state index contributed by atoms with van der Waals surface area (Å²) in [5.74, 6) is 1.56. The topological polar surface area (TPSA) is 59.6 Å². The van der Waals surface area contributed by atoms with Crippen LogP contribution in [0.1, 0.15) is 44.7 Å². The van der Waals surface area contributed by atoms with Crippen LogP contribution in [0.3, 0.4) is 0 Å². The second-order valence-electron chi connectivity index (χ2n) is 5.77. The second-order valence-corrected chi connectivity index (χ2v) is 5.77. The van der Waals surface area contributed by atoms with Gasteiger partial charge in [-0.05, 0) is 50.9 Å². The van der Waals surface area contributed by atoms with Crippen molar-refractivity contribution in [2.75, 3.05) is 20.8 Å². The van der Waals surface area contributed by atoms with Gasteiger partial charge in [-0.3, -0.25) is 4.79 Å². The first-order valence-electron chi connectivity index (χ1n) is 7.84. The van der Waals surface area contributed by atoms with Crippen molar-refractivity contribution in [3.63, 3.8) is 0 Å². The molecular weight excluding hydrogens is 316 g/mol. The van der Waals surface area contributed by atoms with Gasteiger partial charge in [0.05, 0.1) is 25.8 Å². The van der Waals surface area contributed by atoms with Crippen LogP contribution in [0.2, 0.25) is 0 Å². The number of halogens is 1. The Morgan fingerprint density at radius 3 is 2.65 bits per heavy atom. The SMILES string of the molecule is CCC1(C(=O)NC(C)c2cc(OC)ccc2OC)CCCN1.Cl. The highest BCUT2D eigenvalue weighted by molar-refractivity contribution is 5.87. The molecule has 0 aromatic heterocycles. The molecule has 1 aliphatic rings. The Labute approximate surface area is 144 Å². The van der Waals surface area contributed by atoms with Crippen LogP contribution in [0, 0.1) is 0 Å². The van der Waals surface area contributed by atoms with Crippen LogP contribution in [0.4, 0.5) is 0 Å². The zero-order valence-electron chi connectivity index (χ0n) is 14.3. The van der Waals surface area contributed by atoms with E-state index in [9.17, 15) is 4.79 Å². The first-order valence-corrected chi connectivity index (χ1v) is 7.84. The highest BCUT2D eigenvalue weighted by atomic mass is 35.5. The molecule has 2 rings (SSSR count). The summed E-state index contributed by atoms with van der Waals surface area (Å²) in [6.45, 7) is 4.92. The summed E-state index contributed by atoms with van der Waals surface area (Å²) in [6.07, 6.45) is 2.72. The van der Waals surface area contributed by atoms with E-state index in [-0.39, 0.29) is 24.4 Å². The normalized spacial score (nSPS) is 21.2. The Kier molecular flexibility index (Phi) is 7.16. The summed E-state index contributed by atoms with van der Waals surface area (Å²) in [5, 5.41) is 6.48. The minimum absolute atomic E-state index is 0. The number of nitrogens with one attached hydrogen (secondary N) is 2. The lowest BCUT2D eigenvalue weighted by molar-refractivity contribution is -0.128. The second kappa shape index (κ2) is 8.41. The Balaban J connectivity index is 0.00000264. The maximum absolute atomic E-state index is 12.7. The lowest BCUT2D eigenvalue weighted by atomic mass is 9.92. The molecule has 0 aliphatic carbocycles. The molecule has 23 heavy (non-hydrogen) atoms. The summed E-state index contributed by atoms with van der Waals surface area (Å²) in [7, 11) is 3.26. The Bertz CT molecular complexity index is 531. The minimum Gasteiger partial charge on any atom is -0.497 e. The molecule has 6 heteroatoms. The standard InChI is InChI=1S/C17H26N2O3.ClH/c1-5-17(9-6-10-18-17)16(20)19-12(2)14-11-13(21-3)7-8-15(14)22-4;/h7-8,11-12,18H,5-6,9-10H2,1-4H3,(H,19,20);1H. The molecule has 1 saturated heterocycles. The van der Waals surface area contributed by atoms with Gasteiger partial charge in [0.1, 0.15) is 11.5 Å². The summed E-state index contributed by atoms with van der Waals surface area (Å²) < 4.78 is 10.7. The van der Waals surface area contributed by atoms with E-state index in [4.69, 9.17) is 9.47 Å². The molecule has 1 amide bonds. The number of carbonyl (C=O) groups is 1. The number of rotatable bonds is 6. The molecule has 1 fully saturated rings. The average molecular weight is 343 g/mol. The summed E-state index contributed by atoms with van der Waals surface area (Å²) in [4.78, 5) is 12.7. The van der Waals surface area contributed by atoms with Gasteiger partial charge in [0, 0.05) is 5.56 Å². The lowest BCUT2D eigenvalue weighted by Gasteiger charge is -2.29. The third kappa shape index (κ3) is 4.09. The number of methoxy groups -OCH3 is 2. The number of benzene rings is 1. The fourth-order valence-electron chi connectivity index (χ4n) is 3.05. The van der Waals surface area contributed by atoms with E-state index in [1.807, 2.05) is 25.1 Å². The van der Waals surface area contributed by atoms with Crippen molar-refractivity contribution in [1.82, 2.24) is 10.6 Å². The summed E-state index contributed by atoms with van der Waals surface area (Å²) in [5.41, 5.74) is 0.486. The molecule has 1 aromatic rings. The Hall–Kier alpha value is -1.46. The number of hydrogen-bond acceptors (Lipinski definition) is 4. The van der Waals surface area contributed by atoms with Crippen molar-refractivity contribution in [1.29, 1.82) is 0 Å². The van der Waals surface area contributed by atoms with Gasteiger partial charge in [-0.25, -0.2) is 0 Å². The zero-order valence-corrected chi connectivity index (χ0v) is 15.1. The van der Waals surface area contributed by atoms with Gasteiger partial charge < -0.3 is 20.1 Å². The maximum atomic E-state index is 12.7. The minimum atomic E-state index is -0.430. The molecule has 0 bridgehead atoms. The van der Waals surface area contributed by atoms with Gasteiger partial charge in [-0.1, -0.05) is 6.92 Å². The lowest BCUT2D eigenvalue weighted by Crippen LogP contribution is -2.53. The van der Waals surface area contributed by atoms with Crippen LogP contribution < -0.4 is 20.1 Å². The number of amides is 1. The molecule has 2 atom stereocenters. The number of carbonyl (C=O) groups excluding carboxylic acids is 1. The van der Waals surface area contributed by atoms with E-state index < -0.39 is 5.54 Å². The van der Waals surface area contributed by atoms with E-state index in [1.165, 1.54) is 0 Å². The van der Waals surface area contributed by atoms with E-state index in [0.29, 0.717) is 0 Å². The van der Waals surface area contributed by atoms with Crippen LogP contribution in [0.15, 0.2) is 18.2 Å². The Morgan fingerprint density at radius 2 is 2.13 bits per heavy atom. The predicted octanol–water partition coefficient (Wildman–Crippen LogP) is 2.84. The van der Waals surface area contributed by atoms with Crippen LogP contribution in [0.5, 0.6) is 11.5 Å². The van der Waals surface area contributed by atoms with Crippen LogP contribution in [0.25, 0.3) is 0 Å². The van der Waals surface area contributed by atoms with Crippen molar-refractivity contribution < 1.29 is 14.3 Å². The monoisotopic (exact) mass is 342 g/mol. The first kappa shape index (κ1) is 19.6. The largest absolute Gasteiger partial charge is 0.497 e. The van der Waals surface area contributed by atoms with Crippen molar-refractivity contribution >= 4 is 18.3 Å². The molecule has 0 spiro atoms. The van der Waals surface area contributed by atoms with Crippen molar-refractivity contribution in [2.24, 2.45) is 0 Å². The zero-order chi connectivity index (χ0) is 16.2. The third-order valence-electron chi connectivity index (χ3n) is 4.53. The molecular formula is C17H27ClN2O3. The quantitative estimate of drug-likeness (QED) is 0.834. The van der Waals surface area contributed by atoms with Gasteiger partial charge >= 0.3 is 0 Å².